The molecule has 21 heavy (non-hydrogen) atoms. The van der Waals surface area contributed by atoms with Crippen LogP contribution in [0.5, 0.6) is 5.75 Å². The first kappa shape index (κ1) is 16.5. The third kappa shape index (κ3) is 6.43. The highest BCUT2D eigenvalue weighted by Gasteiger charge is 2.05. The van der Waals surface area contributed by atoms with Gasteiger partial charge >= 0.3 is 0 Å². The summed E-state index contributed by atoms with van der Waals surface area (Å²) in [4.78, 5) is 22.6. The second kappa shape index (κ2) is 9.37. The Bertz CT molecular complexity index is 523. The van der Waals surface area contributed by atoms with Crippen molar-refractivity contribution in [1.82, 2.24) is 10.6 Å². The second-order valence-corrected chi connectivity index (χ2v) is 4.28. The summed E-state index contributed by atoms with van der Waals surface area (Å²) in [5, 5.41) is 13.4. The fourth-order valence-electron chi connectivity index (χ4n) is 1.67. The molecule has 0 spiro atoms. The lowest BCUT2D eigenvalue weighted by Gasteiger charge is -2.10. The van der Waals surface area contributed by atoms with Crippen molar-refractivity contribution < 1.29 is 14.3 Å². The molecule has 0 bridgehead atoms. The van der Waals surface area contributed by atoms with Gasteiger partial charge in [0.1, 0.15) is 12.2 Å². The molecule has 0 radical (unpaired) electrons. The Kier molecular flexibility index (Phi) is 7.36. The third-order valence-electron chi connectivity index (χ3n) is 2.72. The zero-order valence-corrected chi connectivity index (χ0v) is 12.0. The van der Waals surface area contributed by atoms with Crippen molar-refractivity contribution in [2.24, 2.45) is 0 Å². The first-order valence-electron chi connectivity index (χ1n) is 6.78. The predicted octanol–water partition coefficient (Wildman–Crippen LogP) is 0.774. The third-order valence-corrected chi connectivity index (χ3v) is 2.72. The molecular formula is C15H19N3O3. The Morgan fingerprint density at radius 1 is 1.19 bits per heavy atom. The first-order chi connectivity index (χ1) is 10.2. The summed E-state index contributed by atoms with van der Waals surface area (Å²) in [6.07, 6.45) is 0.660. The fourth-order valence-corrected chi connectivity index (χ4v) is 1.67. The molecule has 0 aliphatic carbocycles. The highest BCUT2D eigenvalue weighted by molar-refractivity contribution is 5.78. The van der Waals surface area contributed by atoms with Gasteiger partial charge in [-0.15, -0.1) is 0 Å². The van der Waals surface area contributed by atoms with Crippen LogP contribution in [-0.4, -0.2) is 31.5 Å². The van der Waals surface area contributed by atoms with Gasteiger partial charge in [-0.25, -0.2) is 0 Å². The van der Waals surface area contributed by atoms with E-state index >= 15 is 0 Å². The maximum absolute atomic E-state index is 11.6. The maximum Gasteiger partial charge on any atom is 0.258 e. The summed E-state index contributed by atoms with van der Waals surface area (Å²) >= 11 is 0. The van der Waals surface area contributed by atoms with Gasteiger partial charge in [0.2, 0.25) is 5.91 Å². The van der Waals surface area contributed by atoms with Gasteiger partial charge in [-0.3, -0.25) is 9.59 Å². The molecule has 6 heteroatoms. The van der Waals surface area contributed by atoms with Crippen LogP contribution < -0.4 is 15.4 Å². The average molecular weight is 289 g/mol. The molecule has 1 aromatic carbocycles. The predicted molar refractivity (Wildman–Crippen MR) is 77.6 cm³/mol. The maximum atomic E-state index is 11.6. The molecule has 112 valence electrons. The number of ether oxygens (including phenoxy) is 1. The molecule has 2 N–H and O–H groups in total. The Hall–Kier alpha value is -2.55. The lowest BCUT2D eigenvalue weighted by molar-refractivity contribution is -0.123. The fraction of sp³-hybridized carbons (Fsp3) is 0.400. The van der Waals surface area contributed by atoms with Crippen molar-refractivity contribution in [1.29, 1.82) is 5.26 Å². The SMILES string of the molecule is CCc1ccccc1OCC(=O)NCCNC(=O)CC#N. The Balaban J connectivity index is 2.23. The number of nitriles is 1. The van der Waals surface area contributed by atoms with Gasteiger partial charge in [-0.1, -0.05) is 25.1 Å². The van der Waals surface area contributed by atoms with Gasteiger partial charge < -0.3 is 15.4 Å². The molecule has 2 amide bonds. The number of amides is 2. The minimum atomic E-state index is -0.347. The molecule has 0 heterocycles. The van der Waals surface area contributed by atoms with Gasteiger partial charge in [0.05, 0.1) is 6.07 Å². The van der Waals surface area contributed by atoms with E-state index in [1.807, 2.05) is 31.2 Å². The molecule has 0 atom stereocenters. The van der Waals surface area contributed by atoms with Crippen LogP contribution in [0.3, 0.4) is 0 Å². The number of para-hydroxylation sites is 1. The van der Waals surface area contributed by atoms with Crippen LogP contribution in [0.4, 0.5) is 0 Å². The van der Waals surface area contributed by atoms with Gasteiger partial charge in [0.25, 0.3) is 5.91 Å². The van der Waals surface area contributed by atoms with E-state index in [1.54, 1.807) is 6.07 Å². The smallest absolute Gasteiger partial charge is 0.258 e. The lowest BCUT2D eigenvalue weighted by atomic mass is 10.1. The molecule has 6 nitrogen and oxygen atoms in total. The molecule has 0 aliphatic rings. The minimum absolute atomic E-state index is 0.0663. The molecule has 0 saturated carbocycles. The van der Waals surface area contributed by atoms with Gasteiger partial charge in [0.15, 0.2) is 6.61 Å². The van der Waals surface area contributed by atoms with E-state index in [0.29, 0.717) is 12.3 Å². The van der Waals surface area contributed by atoms with E-state index in [2.05, 4.69) is 10.6 Å². The van der Waals surface area contributed by atoms with Gasteiger partial charge in [-0.05, 0) is 18.1 Å². The quantitative estimate of drug-likeness (QED) is 0.692. The zero-order valence-electron chi connectivity index (χ0n) is 12.0. The highest BCUT2D eigenvalue weighted by Crippen LogP contribution is 2.17. The molecule has 0 aliphatic heterocycles. The molecule has 1 aromatic rings. The minimum Gasteiger partial charge on any atom is -0.483 e. The molecule has 0 fully saturated rings. The number of aryl methyl sites for hydroxylation is 1. The molecular weight excluding hydrogens is 270 g/mol. The highest BCUT2D eigenvalue weighted by atomic mass is 16.5. The van der Waals surface area contributed by atoms with E-state index < -0.39 is 0 Å². The summed E-state index contributed by atoms with van der Waals surface area (Å²) < 4.78 is 5.46. The summed E-state index contributed by atoms with van der Waals surface area (Å²) in [5.74, 6) is 0.104. The normalized spacial score (nSPS) is 9.52. The van der Waals surface area contributed by atoms with Crippen molar-refractivity contribution >= 4 is 11.8 Å². The van der Waals surface area contributed by atoms with Crippen LogP contribution in [0, 0.1) is 11.3 Å². The van der Waals surface area contributed by atoms with Crippen LogP contribution in [0.2, 0.25) is 0 Å². The number of rotatable bonds is 8. The Labute approximate surface area is 124 Å². The van der Waals surface area contributed by atoms with Crippen molar-refractivity contribution in [2.45, 2.75) is 19.8 Å². The van der Waals surface area contributed by atoms with E-state index in [4.69, 9.17) is 10.00 Å². The Morgan fingerprint density at radius 3 is 2.52 bits per heavy atom. The van der Waals surface area contributed by atoms with E-state index in [1.165, 1.54) is 0 Å². The monoisotopic (exact) mass is 289 g/mol. The number of benzene rings is 1. The number of hydrogen-bond acceptors (Lipinski definition) is 4. The first-order valence-corrected chi connectivity index (χ1v) is 6.78. The Morgan fingerprint density at radius 2 is 1.86 bits per heavy atom. The van der Waals surface area contributed by atoms with Gasteiger partial charge in [0, 0.05) is 13.1 Å². The largest absolute Gasteiger partial charge is 0.483 e. The number of carbonyl (C=O) groups is 2. The average Bonchev–Trinajstić information content (AvgIpc) is 2.50. The van der Waals surface area contributed by atoms with E-state index in [9.17, 15) is 9.59 Å². The van der Waals surface area contributed by atoms with E-state index in [-0.39, 0.29) is 31.4 Å². The van der Waals surface area contributed by atoms with Crippen LogP contribution in [0.25, 0.3) is 0 Å². The van der Waals surface area contributed by atoms with Crippen molar-refractivity contribution in [3.63, 3.8) is 0 Å². The summed E-state index contributed by atoms with van der Waals surface area (Å²) in [6, 6.07) is 9.32. The summed E-state index contributed by atoms with van der Waals surface area (Å²) in [7, 11) is 0. The topological polar surface area (TPSA) is 91.2 Å². The van der Waals surface area contributed by atoms with Gasteiger partial charge in [-0.2, -0.15) is 5.26 Å². The van der Waals surface area contributed by atoms with Crippen LogP contribution in [0.1, 0.15) is 18.9 Å². The van der Waals surface area contributed by atoms with Crippen LogP contribution in [0.15, 0.2) is 24.3 Å². The molecule has 0 unspecified atom stereocenters. The number of nitrogens with zero attached hydrogens (tertiary/aromatic N) is 1. The number of hydrogen-bond donors (Lipinski definition) is 2. The molecule has 1 rings (SSSR count). The summed E-state index contributed by atoms with van der Waals surface area (Å²) in [6.45, 7) is 2.54. The zero-order chi connectivity index (χ0) is 15.5. The molecule has 0 saturated heterocycles. The standard InChI is InChI=1S/C15H19N3O3/c1-2-12-5-3-4-6-13(12)21-11-15(20)18-10-9-17-14(19)7-8-16/h3-6H,2,7,9-11H2,1H3,(H,17,19)(H,18,20). The summed E-state index contributed by atoms with van der Waals surface area (Å²) in [5.41, 5.74) is 1.05. The molecule has 0 aromatic heterocycles. The van der Waals surface area contributed by atoms with Crippen LogP contribution >= 0.6 is 0 Å². The van der Waals surface area contributed by atoms with Crippen LogP contribution in [-0.2, 0) is 16.0 Å². The number of carbonyl (C=O) groups excluding carboxylic acids is 2. The second-order valence-electron chi connectivity index (χ2n) is 4.28. The lowest BCUT2D eigenvalue weighted by Crippen LogP contribution is -2.36. The van der Waals surface area contributed by atoms with Crippen molar-refractivity contribution in [3.8, 4) is 11.8 Å². The van der Waals surface area contributed by atoms with E-state index in [0.717, 1.165) is 12.0 Å². The number of nitrogens with one attached hydrogen (secondary N) is 2. The van der Waals surface area contributed by atoms with Crippen molar-refractivity contribution in [3.05, 3.63) is 29.8 Å². The van der Waals surface area contributed by atoms with Crippen molar-refractivity contribution in [2.75, 3.05) is 19.7 Å².